The molecule has 0 atom stereocenters. The Kier molecular flexibility index (Phi) is 5.56. The molecule has 0 aliphatic heterocycles. The molecule has 0 aromatic heterocycles. The summed E-state index contributed by atoms with van der Waals surface area (Å²) in [5.41, 5.74) is 0. The molecule has 0 aromatic carbocycles. The van der Waals surface area contributed by atoms with Crippen molar-refractivity contribution in [3.63, 3.8) is 0 Å². The average molecular weight is 220 g/mol. The van der Waals surface area contributed by atoms with Gasteiger partial charge in [0, 0.05) is 23.3 Å². The van der Waals surface area contributed by atoms with Crippen molar-refractivity contribution in [3.05, 3.63) is 23.3 Å². The summed E-state index contributed by atoms with van der Waals surface area (Å²) in [5, 5.41) is 2.82. The highest BCUT2D eigenvalue weighted by Crippen LogP contribution is 1.95. The van der Waals surface area contributed by atoms with Crippen LogP contribution in [0.25, 0.3) is 0 Å². The van der Waals surface area contributed by atoms with Crippen molar-refractivity contribution >= 4 is 21.9 Å². The van der Waals surface area contributed by atoms with Gasteiger partial charge in [0.05, 0.1) is 7.11 Å². The molecule has 4 heteroatoms. The highest BCUT2D eigenvalue weighted by Gasteiger charge is 1.88. The van der Waals surface area contributed by atoms with Gasteiger partial charge in [0.2, 0.25) is 0 Å². The third-order valence-corrected chi connectivity index (χ3v) is 1.11. The first-order chi connectivity index (χ1) is 5.16. The van der Waals surface area contributed by atoms with Gasteiger partial charge in [0.15, 0.2) is 0 Å². The number of carbonyl (C=O) groups is 1. The molecule has 0 unspecified atom stereocenters. The summed E-state index contributed by atoms with van der Waals surface area (Å²) < 4.78 is 5.18. The van der Waals surface area contributed by atoms with Crippen molar-refractivity contribution < 1.29 is 9.53 Å². The van der Waals surface area contributed by atoms with Gasteiger partial charge in [-0.1, -0.05) is 22.5 Å². The van der Waals surface area contributed by atoms with Crippen LogP contribution in [0, 0.1) is 0 Å². The quantitative estimate of drug-likeness (QED) is 0.570. The zero-order valence-corrected chi connectivity index (χ0v) is 7.85. The van der Waals surface area contributed by atoms with Gasteiger partial charge in [-0.2, -0.15) is 0 Å². The van der Waals surface area contributed by atoms with Crippen LogP contribution in [0.3, 0.4) is 0 Å². The van der Waals surface area contributed by atoms with Crippen LogP contribution < -0.4 is 5.32 Å². The van der Waals surface area contributed by atoms with Crippen LogP contribution in [0.2, 0.25) is 0 Å². The number of rotatable bonds is 4. The third kappa shape index (κ3) is 7.12. The minimum absolute atomic E-state index is 0.377. The van der Waals surface area contributed by atoms with Gasteiger partial charge in [-0.3, -0.25) is 0 Å². The SMILES string of the molecule is C=C(Br)CN/C=C/C(=O)OC. The molecule has 0 amide bonds. The van der Waals surface area contributed by atoms with Gasteiger partial charge < -0.3 is 10.1 Å². The number of hydrogen-bond acceptors (Lipinski definition) is 3. The predicted molar refractivity (Wildman–Crippen MR) is 47.2 cm³/mol. The van der Waals surface area contributed by atoms with E-state index in [-0.39, 0.29) is 5.97 Å². The number of hydrogen-bond donors (Lipinski definition) is 1. The standard InChI is InChI=1S/C7H10BrNO2/c1-6(8)5-9-4-3-7(10)11-2/h3-4,9H,1,5H2,2H3/b4-3+. The maximum absolute atomic E-state index is 10.5. The van der Waals surface area contributed by atoms with E-state index >= 15 is 0 Å². The second-order valence-corrected chi connectivity index (χ2v) is 2.88. The average Bonchev–Trinajstić information content (AvgIpc) is 1.97. The Morgan fingerprint density at radius 1 is 1.82 bits per heavy atom. The summed E-state index contributed by atoms with van der Waals surface area (Å²) in [6.07, 6.45) is 2.81. The second-order valence-electron chi connectivity index (χ2n) is 1.75. The fraction of sp³-hybridized carbons (Fsp3) is 0.286. The largest absolute Gasteiger partial charge is 0.466 e. The maximum Gasteiger partial charge on any atom is 0.331 e. The number of methoxy groups -OCH3 is 1. The molecule has 0 aromatic rings. The molecule has 0 heterocycles. The van der Waals surface area contributed by atoms with E-state index in [9.17, 15) is 4.79 Å². The van der Waals surface area contributed by atoms with Crippen LogP contribution in [-0.4, -0.2) is 19.6 Å². The van der Waals surface area contributed by atoms with Crippen LogP contribution in [0.1, 0.15) is 0 Å². The number of esters is 1. The van der Waals surface area contributed by atoms with Crippen LogP contribution >= 0.6 is 15.9 Å². The summed E-state index contributed by atoms with van der Waals surface area (Å²) in [7, 11) is 1.33. The smallest absolute Gasteiger partial charge is 0.331 e. The molecule has 0 aliphatic carbocycles. The summed E-state index contributed by atoms with van der Waals surface area (Å²) >= 11 is 3.15. The fourth-order valence-corrected chi connectivity index (χ4v) is 0.527. The maximum atomic E-state index is 10.5. The Morgan fingerprint density at radius 3 is 2.91 bits per heavy atom. The first-order valence-electron chi connectivity index (χ1n) is 2.98. The van der Waals surface area contributed by atoms with Gasteiger partial charge >= 0.3 is 5.97 Å². The Hall–Kier alpha value is -0.770. The lowest BCUT2D eigenvalue weighted by Crippen LogP contribution is -2.07. The molecule has 0 spiro atoms. The Labute approximate surface area is 74.2 Å². The zero-order chi connectivity index (χ0) is 8.69. The summed E-state index contributed by atoms with van der Waals surface area (Å²) in [5.74, 6) is -0.377. The highest BCUT2D eigenvalue weighted by molar-refractivity contribution is 9.11. The predicted octanol–water partition coefficient (Wildman–Crippen LogP) is 1.17. The second kappa shape index (κ2) is 5.97. The van der Waals surface area contributed by atoms with Gasteiger partial charge in [0.25, 0.3) is 0 Å². The van der Waals surface area contributed by atoms with Crippen molar-refractivity contribution in [1.82, 2.24) is 5.32 Å². The molecule has 0 radical (unpaired) electrons. The van der Waals surface area contributed by atoms with Crippen molar-refractivity contribution in [2.45, 2.75) is 0 Å². The van der Waals surface area contributed by atoms with Crippen LogP contribution in [0.15, 0.2) is 23.3 Å². The van der Waals surface area contributed by atoms with Crippen molar-refractivity contribution in [2.75, 3.05) is 13.7 Å². The van der Waals surface area contributed by atoms with Crippen LogP contribution in [0.5, 0.6) is 0 Å². The number of ether oxygens (including phenoxy) is 1. The first kappa shape index (κ1) is 10.2. The first-order valence-corrected chi connectivity index (χ1v) is 3.77. The zero-order valence-electron chi connectivity index (χ0n) is 6.26. The van der Waals surface area contributed by atoms with Gasteiger partial charge in [-0.05, 0) is 0 Å². The summed E-state index contributed by atoms with van der Waals surface area (Å²) in [4.78, 5) is 10.5. The molecule has 0 aliphatic rings. The molecule has 0 rings (SSSR count). The van der Waals surface area contributed by atoms with E-state index in [1.165, 1.54) is 19.4 Å². The van der Waals surface area contributed by atoms with E-state index in [2.05, 4.69) is 32.6 Å². The lowest BCUT2D eigenvalue weighted by atomic mass is 10.6. The normalized spacial score (nSPS) is 9.64. The molecule has 0 bridgehead atoms. The lowest BCUT2D eigenvalue weighted by Gasteiger charge is -1.95. The van der Waals surface area contributed by atoms with E-state index in [0.29, 0.717) is 6.54 Å². The van der Waals surface area contributed by atoms with Crippen molar-refractivity contribution in [2.24, 2.45) is 0 Å². The monoisotopic (exact) mass is 219 g/mol. The van der Waals surface area contributed by atoms with E-state index in [4.69, 9.17) is 0 Å². The molecule has 62 valence electrons. The van der Waals surface area contributed by atoms with E-state index in [0.717, 1.165) is 4.48 Å². The summed E-state index contributed by atoms with van der Waals surface area (Å²) in [6.45, 7) is 4.19. The molecule has 0 fully saturated rings. The Bertz CT molecular complexity index is 177. The Morgan fingerprint density at radius 2 is 2.45 bits per heavy atom. The lowest BCUT2D eigenvalue weighted by molar-refractivity contribution is -0.134. The van der Waals surface area contributed by atoms with Crippen LogP contribution in [0.4, 0.5) is 0 Å². The van der Waals surface area contributed by atoms with Gasteiger partial charge in [-0.15, -0.1) is 0 Å². The summed E-state index contributed by atoms with van der Waals surface area (Å²) in [6, 6.07) is 0. The molecular formula is C7H10BrNO2. The van der Waals surface area contributed by atoms with Crippen LogP contribution in [-0.2, 0) is 9.53 Å². The topological polar surface area (TPSA) is 38.3 Å². The molecule has 11 heavy (non-hydrogen) atoms. The molecule has 1 N–H and O–H groups in total. The molecule has 0 saturated carbocycles. The number of halogens is 1. The molecule has 0 saturated heterocycles. The minimum Gasteiger partial charge on any atom is -0.466 e. The minimum atomic E-state index is -0.377. The van der Waals surface area contributed by atoms with E-state index in [1.807, 2.05) is 0 Å². The van der Waals surface area contributed by atoms with Crippen molar-refractivity contribution in [1.29, 1.82) is 0 Å². The van der Waals surface area contributed by atoms with E-state index < -0.39 is 0 Å². The fourth-order valence-electron chi connectivity index (χ4n) is 0.365. The third-order valence-electron chi connectivity index (χ3n) is 0.832. The van der Waals surface area contributed by atoms with Gasteiger partial charge in [-0.25, -0.2) is 4.79 Å². The molecular weight excluding hydrogens is 210 g/mol. The van der Waals surface area contributed by atoms with Gasteiger partial charge in [0.1, 0.15) is 0 Å². The molecule has 3 nitrogen and oxygen atoms in total. The van der Waals surface area contributed by atoms with E-state index in [1.54, 1.807) is 0 Å². The Balaban J connectivity index is 3.45. The number of carbonyl (C=O) groups excluding carboxylic acids is 1. The highest BCUT2D eigenvalue weighted by atomic mass is 79.9. The van der Waals surface area contributed by atoms with Crippen molar-refractivity contribution in [3.8, 4) is 0 Å². The number of nitrogens with one attached hydrogen (secondary N) is 1.